The van der Waals surface area contributed by atoms with E-state index >= 15 is 0 Å². The lowest BCUT2D eigenvalue weighted by Gasteiger charge is -2.09. The van der Waals surface area contributed by atoms with Gasteiger partial charge >= 0.3 is 5.97 Å². The highest BCUT2D eigenvalue weighted by molar-refractivity contribution is 5.95. The Morgan fingerprint density at radius 1 is 1.53 bits per heavy atom. The summed E-state index contributed by atoms with van der Waals surface area (Å²) in [4.78, 5) is 17.7. The number of hydrogen-bond donors (Lipinski definition) is 2. The molecule has 2 aromatic heterocycles. The van der Waals surface area contributed by atoms with Gasteiger partial charge < -0.3 is 15.1 Å². The maximum Gasteiger partial charge on any atom is 0.356 e. The van der Waals surface area contributed by atoms with Crippen LogP contribution in [0.4, 0.5) is 0 Å². The van der Waals surface area contributed by atoms with E-state index in [0.29, 0.717) is 5.82 Å². The summed E-state index contributed by atoms with van der Waals surface area (Å²) in [6.45, 7) is 1.83. The summed E-state index contributed by atoms with van der Waals surface area (Å²) >= 11 is 0. The Labute approximate surface area is 109 Å². The number of carboxylic acids is 1. The molecule has 19 heavy (non-hydrogen) atoms. The molecule has 2 aromatic rings. The highest BCUT2D eigenvalue weighted by Crippen LogP contribution is 2.30. The van der Waals surface area contributed by atoms with Crippen molar-refractivity contribution in [2.45, 2.75) is 12.3 Å². The monoisotopic (exact) mass is 261 g/mol. The molecule has 0 saturated carbocycles. The topological polar surface area (TPSA) is 78.1 Å². The molecule has 1 unspecified atom stereocenters. The standard InChI is InChI=1S/C13H15N3O3/c1-15-6-4-8(7-15)12-14-10(13(18)19)11-9(17)3-2-5-16(11)12/h2-3,5,8,17H,4,6-7H2,1H3,(H,18,19). The number of rotatable bonds is 2. The summed E-state index contributed by atoms with van der Waals surface area (Å²) in [6, 6.07) is 3.17. The van der Waals surface area contributed by atoms with Crippen molar-refractivity contribution in [1.29, 1.82) is 0 Å². The van der Waals surface area contributed by atoms with E-state index in [-0.39, 0.29) is 22.9 Å². The lowest BCUT2D eigenvalue weighted by molar-refractivity contribution is 0.0693. The van der Waals surface area contributed by atoms with Crippen molar-refractivity contribution >= 4 is 11.5 Å². The van der Waals surface area contributed by atoms with Crippen LogP contribution in [-0.2, 0) is 0 Å². The van der Waals surface area contributed by atoms with Gasteiger partial charge in [0.05, 0.1) is 0 Å². The van der Waals surface area contributed by atoms with Crippen molar-refractivity contribution < 1.29 is 15.0 Å². The number of carbonyl (C=O) groups is 1. The van der Waals surface area contributed by atoms with E-state index in [2.05, 4.69) is 9.88 Å². The predicted octanol–water partition coefficient (Wildman–Crippen LogP) is 1.16. The van der Waals surface area contributed by atoms with Crippen LogP contribution in [0, 0.1) is 0 Å². The highest BCUT2D eigenvalue weighted by atomic mass is 16.4. The van der Waals surface area contributed by atoms with Crippen LogP contribution >= 0.6 is 0 Å². The van der Waals surface area contributed by atoms with E-state index in [9.17, 15) is 15.0 Å². The number of likely N-dealkylation sites (tertiary alicyclic amines) is 1. The lowest BCUT2D eigenvalue weighted by Crippen LogP contribution is -2.14. The smallest absolute Gasteiger partial charge is 0.356 e. The third kappa shape index (κ3) is 1.84. The second kappa shape index (κ2) is 4.24. The van der Waals surface area contributed by atoms with Gasteiger partial charge in [0.25, 0.3) is 0 Å². The maximum atomic E-state index is 11.3. The molecule has 100 valence electrons. The number of aromatic carboxylic acids is 1. The molecule has 0 amide bonds. The fourth-order valence-corrected chi connectivity index (χ4v) is 2.73. The van der Waals surface area contributed by atoms with Crippen LogP contribution in [0.1, 0.15) is 28.7 Å². The number of nitrogens with zero attached hydrogens (tertiary/aromatic N) is 3. The molecule has 3 heterocycles. The molecule has 0 aliphatic carbocycles. The average Bonchev–Trinajstić information content (AvgIpc) is 2.93. The predicted molar refractivity (Wildman–Crippen MR) is 68.7 cm³/mol. The zero-order valence-electron chi connectivity index (χ0n) is 10.6. The summed E-state index contributed by atoms with van der Waals surface area (Å²) in [5.74, 6) is -0.248. The number of imidazole rings is 1. The van der Waals surface area contributed by atoms with Gasteiger partial charge in [0.1, 0.15) is 17.1 Å². The molecule has 1 aliphatic rings. The summed E-state index contributed by atoms with van der Waals surface area (Å²) in [5, 5.41) is 19.1. The fraction of sp³-hybridized carbons (Fsp3) is 0.385. The van der Waals surface area contributed by atoms with Crippen LogP contribution in [0.5, 0.6) is 5.75 Å². The first kappa shape index (κ1) is 12.0. The molecule has 0 aromatic carbocycles. The van der Waals surface area contributed by atoms with Gasteiger partial charge in [0, 0.05) is 18.7 Å². The second-order valence-corrected chi connectivity index (χ2v) is 4.98. The number of hydrogen-bond acceptors (Lipinski definition) is 4. The van der Waals surface area contributed by atoms with Crippen LogP contribution in [-0.4, -0.2) is 50.6 Å². The van der Waals surface area contributed by atoms with Gasteiger partial charge in [-0.05, 0) is 32.1 Å². The Hall–Kier alpha value is -2.08. The van der Waals surface area contributed by atoms with Crippen LogP contribution in [0.25, 0.3) is 5.52 Å². The van der Waals surface area contributed by atoms with Crippen molar-refractivity contribution in [3.8, 4) is 5.75 Å². The number of carboxylic acid groups (broad SMARTS) is 1. The van der Waals surface area contributed by atoms with Gasteiger partial charge in [-0.1, -0.05) is 0 Å². The van der Waals surface area contributed by atoms with E-state index in [0.717, 1.165) is 19.5 Å². The summed E-state index contributed by atoms with van der Waals surface area (Å²) < 4.78 is 1.70. The molecule has 6 heteroatoms. The Kier molecular flexibility index (Phi) is 2.67. The zero-order valence-corrected chi connectivity index (χ0v) is 10.6. The maximum absolute atomic E-state index is 11.3. The normalized spacial score (nSPS) is 20.2. The third-order valence-corrected chi connectivity index (χ3v) is 3.63. The van der Waals surface area contributed by atoms with Gasteiger partial charge in [-0.15, -0.1) is 0 Å². The Balaban J connectivity index is 2.20. The first-order chi connectivity index (χ1) is 9.08. The summed E-state index contributed by atoms with van der Waals surface area (Å²) in [5.41, 5.74) is 0.196. The number of fused-ring (bicyclic) bond motifs is 1. The van der Waals surface area contributed by atoms with E-state index in [1.165, 1.54) is 6.07 Å². The van der Waals surface area contributed by atoms with Crippen molar-refractivity contribution in [1.82, 2.24) is 14.3 Å². The Bertz CT molecular complexity index is 650. The van der Waals surface area contributed by atoms with E-state index in [1.807, 2.05) is 7.05 Å². The van der Waals surface area contributed by atoms with Crippen LogP contribution in [0.15, 0.2) is 18.3 Å². The van der Waals surface area contributed by atoms with Gasteiger partial charge in [-0.3, -0.25) is 4.40 Å². The Morgan fingerprint density at radius 3 is 2.95 bits per heavy atom. The van der Waals surface area contributed by atoms with Gasteiger partial charge in [0.15, 0.2) is 5.69 Å². The van der Waals surface area contributed by atoms with Crippen molar-refractivity contribution in [3.63, 3.8) is 0 Å². The van der Waals surface area contributed by atoms with Gasteiger partial charge in [-0.2, -0.15) is 0 Å². The van der Waals surface area contributed by atoms with Crippen molar-refractivity contribution in [2.24, 2.45) is 0 Å². The molecule has 1 fully saturated rings. The number of aromatic hydroxyl groups is 1. The zero-order chi connectivity index (χ0) is 13.6. The van der Waals surface area contributed by atoms with Crippen LogP contribution in [0.3, 0.4) is 0 Å². The molecular weight excluding hydrogens is 246 g/mol. The molecule has 1 saturated heterocycles. The molecule has 1 aliphatic heterocycles. The minimum Gasteiger partial charge on any atom is -0.506 e. The quantitative estimate of drug-likeness (QED) is 0.848. The largest absolute Gasteiger partial charge is 0.506 e. The number of pyridine rings is 1. The summed E-state index contributed by atoms with van der Waals surface area (Å²) in [7, 11) is 2.03. The SMILES string of the molecule is CN1CCC(c2nc(C(=O)O)c3c(O)cccn23)C1. The molecule has 0 spiro atoms. The van der Waals surface area contributed by atoms with E-state index in [1.54, 1.807) is 16.7 Å². The molecular formula is C13H15N3O3. The number of likely N-dealkylation sites (N-methyl/N-ethyl adjacent to an activating group) is 1. The molecule has 6 nitrogen and oxygen atoms in total. The van der Waals surface area contributed by atoms with Crippen LogP contribution < -0.4 is 0 Å². The van der Waals surface area contributed by atoms with Gasteiger partial charge in [-0.25, -0.2) is 9.78 Å². The van der Waals surface area contributed by atoms with E-state index in [4.69, 9.17) is 0 Å². The third-order valence-electron chi connectivity index (χ3n) is 3.63. The molecule has 1 atom stereocenters. The first-order valence-corrected chi connectivity index (χ1v) is 6.19. The minimum atomic E-state index is -1.11. The average molecular weight is 261 g/mol. The second-order valence-electron chi connectivity index (χ2n) is 4.98. The van der Waals surface area contributed by atoms with Crippen molar-refractivity contribution in [2.75, 3.05) is 20.1 Å². The minimum absolute atomic E-state index is 0.0509. The Morgan fingerprint density at radius 2 is 2.32 bits per heavy atom. The lowest BCUT2D eigenvalue weighted by atomic mass is 10.1. The van der Waals surface area contributed by atoms with Gasteiger partial charge in [0.2, 0.25) is 0 Å². The first-order valence-electron chi connectivity index (χ1n) is 6.19. The molecule has 0 bridgehead atoms. The van der Waals surface area contributed by atoms with Crippen LogP contribution in [0.2, 0.25) is 0 Å². The fourth-order valence-electron chi connectivity index (χ4n) is 2.73. The molecule has 2 N–H and O–H groups in total. The van der Waals surface area contributed by atoms with E-state index < -0.39 is 5.97 Å². The molecule has 3 rings (SSSR count). The highest BCUT2D eigenvalue weighted by Gasteiger charge is 2.28. The summed E-state index contributed by atoms with van der Waals surface area (Å²) in [6.07, 6.45) is 2.70. The number of aromatic nitrogens is 2. The van der Waals surface area contributed by atoms with Crippen molar-refractivity contribution in [3.05, 3.63) is 29.8 Å². The molecule has 0 radical (unpaired) electrons.